The van der Waals surface area contributed by atoms with Crippen LogP contribution in [-0.4, -0.2) is 39.5 Å². The standard InChI is InChI=1S/C26H30O5/c1-5-30-26(29-4)24(27-2)18-23(17-16-21-12-8-6-9-13-21)19-25(26,28-3)31-20-22-14-10-7-11-15-22/h6-19H,5,20H2,1-4H3. The van der Waals surface area contributed by atoms with E-state index in [1.54, 1.807) is 21.3 Å². The van der Waals surface area contributed by atoms with Crippen LogP contribution in [0.2, 0.25) is 0 Å². The van der Waals surface area contributed by atoms with Crippen molar-refractivity contribution in [3.8, 4) is 0 Å². The lowest BCUT2D eigenvalue weighted by Crippen LogP contribution is -2.61. The molecule has 0 radical (unpaired) electrons. The average Bonchev–Trinajstić information content (AvgIpc) is 2.83. The molecule has 31 heavy (non-hydrogen) atoms. The third-order valence-electron chi connectivity index (χ3n) is 5.16. The second-order valence-corrected chi connectivity index (χ2v) is 7.00. The number of ether oxygens (including phenoxy) is 5. The quantitative estimate of drug-likeness (QED) is 0.498. The monoisotopic (exact) mass is 422 g/mol. The molecule has 5 heteroatoms. The summed E-state index contributed by atoms with van der Waals surface area (Å²) in [5, 5.41) is 0. The maximum Gasteiger partial charge on any atom is 0.287 e. The zero-order chi connectivity index (χ0) is 22.2. The van der Waals surface area contributed by atoms with Crippen molar-refractivity contribution < 1.29 is 23.7 Å². The van der Waals surface area contributed by atoms with Crippen LogP contribution in [0.1, 0.15) is 18.1 Å². The first-order valence-electron chi connectivity index (χ1n) is 10.3. The van der Waals surface area contributed by atoms with E-state index >= 15 is 0 Å². The van der Waals surface area contributed by atoms with Gasteiger partial charge in [-0.2, -0.15) is 0 Å². The second-order valence-electron chi connectivity index (χ2n) is 7.00. The summed E-state index contributed by atoms with van der Waals surface area (Å²) >= 11 is 0. The van der Waals surface area contributed by atoms with Crippen molar-refractivity contribution in [1.82, 2.24) is 0 Å². The molecule has 0 aromatic heterocycles. The van der Waals surface area contributed by atoms with Crippen LogP contribution >= 0.6 is 0 Å². The number of allylic oxidation sites excluding steroid dienone is 3. The van der Waals surface area contributed by atoms with Crippen LogP contribution in [0, 0.1) is 0 Å². The number of hydrogen-bond acceptors (Lipinski definition) is 5. The Balaban J connectivity index is 2.04. The van der Waals surface area contributed by atoms with Gasteiger partial charge in [0.2, 0.25) is 0 Å². The van der Waals surface area contributed by atoms with E-state index in [1.165, 1.54) is 0 Å². The lowest BCUT2D eigenvalue weighted by Gasteiger charge is -2.47. The molecule has 3 rings (SSSR count). The molecule has 0 fully saturated rings. The summed E-state index contributed by atoms with van der Waals surface area (Å²) in [5.74, 6) is -2.31. The minimum Gasteiger partial charge on any atom is -0.495 e. The second kappa shape index (κ2) is 10.6. The van der Waals surface area contributed by atoms with Gasteiger partial charge in [0.1, 0.15) is 0 Å². The third-order valence-corrected chi connectivity index (χ3v) is 5.16. The normalized spacial score (nSPS) is 23.5. The van der Waals surface area contributed by atoms with E-state index < -0.39 is 11.6 Å². The highest BCUT2D eigenvalue weighted by Gasteiger charge is 2.60. The van der Waals surface area contributed by atoms with Gasteiger partial charge in [-0.05, 0) is 35.8 Å². The molecule has 0 aliphatic heterocycles. The van der Waals surface area contributed by atoms with E-state index in [2.05, 4.69) is 0 Å². The zero-order valence-electron chi connectivity index (χ0n) is 18.5. The van der Waals surface area contributed by atoms with Gasteiger partial charge in [0.05, 0.1) is 13.7 Å². The summed E-state index contributed by atoms with van der Waals surface area (Å²) in [4.78, 5) is 0. The van der Waals surface area contributed by atoms with E-state index in [9.17, 15) is 0 Å². The first kappa shape index (κ1) is 23.0. The van der Waals surface area contributed by atoms with Crippen molar-refractivity contribution in [2.24, 2.45) is 0 Å². The highest BCUT2D eigenvalue weighted by molar-refractivity contribution is 5.56. The average molecular weight is 423 g/mol. The molecule has 164 valence electrons. The third kappa shape index (κ3) is 4.81. The van der Waals surface area contributed by atoms with Gasteiger partial charge in [-0.25, -0.2) is 0 Å². The number of methoxy groups -OCH3 is 3. The molecule has 0 saturated heterocycles. The number of benzene rings is 2. The van der Waals surface area contributed by atoms with Crippen molar-refractivity contribution in [1.29, 1.82) is 0 Å². The fourth-order valence-corrected chi connectivity index (χ4v) is 3.65. The Hall–Kier alpha value is -2.70. The van der Waals surface area contributed by atoms with E-state index in [-0.39, 0.29) is 0 Å². The minimum absolute atomic E-state index is 0.302. The Kier molecular flexibility index (Phi) is 7.82. The van der Waals surface area contributed by atoms with E-state index in [0.717, 1.165) is 16.7 Å². The van der Waals surface area contributed by atoms with Crippen molar-refractivity contribution in [2.75, 3.05) is 27.9 Å². The fourth-order valence-electron chi connectivity index (χ4n) is 3.65. The van der Waals surface area contributed by atoms with Gasteiger partial charge in [-0.1, -0.05) is 72.8 Å². The molecule has 2 aromatic rings. The van der Waals surface area contributed by atoms with E-state index in [4.69, 9.17) is 23.7 Å². The highest BCUT2D eigenvalue weighted by Crippen LogP contribution is 2.44. The lowest BCUT2D eigenvalue weighted by molar-refractivity contribution is -0.375. The Labute approximate surface area is 184 Å². The van der Waals surface area contributed by atoms with Crippen LogP contribution in [0.5, 0.6) is 0 Å². The smallest absolute Gasteiger partial charge is 0.287 e. The first-order valence-corrected chi connectivity index (χ1v) is 10.3. The largest absolute Gasteiger partial charge is 0.495 e. The van der Waals surface area contributed by atoms with Crippen LogP contribution in [0.3, 0.4) is 0 Å². The number of hydrogen-bond donors (Lipinski definition) is 0. The van der Waals surface area contributed by atoms with Gasteiger partial charge in [0.15, 0.2) is 5.76 Å². The Morgan fingerprint density at radius 1 is 0.806 bits per heavy atom. The molecule has 0 spiro atoms. The van der Waals surface area contributed by atoms with Crippen LogP contribution in [-0.2, 0) is 30.3 Å². The molecule has 1 aliphatic rings. The molecule has 0 saturated carbocycles. The molecule has 0 bridgehead atoms. The van der Waals surface area contributed by atoms with E-state index in [0.29, 0.717) is 19.0 Å². The molecule has 2 unspecified atom stereocenters. The maximum atomic E-state index is 6.38. The Morgan fingerprint density at radius 2 is 1.48 bits per heavy atom. The van der Waals surface area contributed by atoms with Gasteiger partial charge in [-0.15, -0.1) is 0 Å². The van der Waals surface area contributed by atoms with Crippen molar-refractivity contribution >= 4 is 6.08 Å². The summed E-state index contributed by atoms with van der Waals surface area (Å²) in [6, 6.07) is 20.0. The molecule has 0 N–H and O–H groups in total. The molecule has 1 aliphatic carbocycles. The predicted octanol–water partition coefficient (Wildman–Crippen LogP) is 5.11. The van der Waals surface area contributed by atoms with Crippen molar-refractivity contribution in [2.45, 2.75) is 25.1 Å². The first-order chi connectivity index (χ1) is 15.1. The maximum absolute atomic E-state index is 6.38. The van der Waals surface area contributed by atoms with Gasteiger partial charge in [0, 0.05) is 20.8 Å². The van der Waals surface area contributed by atoms with Gasteiger partial charge < -0.3 is 23.7 Å². The van der Waals surface area contributed by atoms with Gasteiger partial charge in [0.25, 0.3) is 11.6 Å². The summed E-state index contributed by atoms with van der Waals surface area (Å²) < 4.78 is 30.1. The highest BCUT2D eigenvalue weighted by atomic mass is 16.8. The van der Waals surface area contributed by atoms with Crippen LogP contribution < -0.4 is 0 Å². The summed E-state index contributed by atoms with van der Waals surface area (Å²) in [6.07, 6.45) is 7.76. The summed E-state index contributed by atoms with van der Waals surface area (Å²) in [7, 11) is 4.71. The van der Waals surface area contributed by atoms with Crippen molar-refractivity contribution in [3.63, 3.8) is 0 Å². The van der Waals surface area contributed by atoms with Gasteiger partial charge >= 0.3 is 0 Å². The summed E-state index contributed by atoms with van der Waals surface area (Å²) in [5.41, 5.74) is 2.93. The SMILES string of the molecule is CCOC1(OC)C(OC)=CC(C=Cc2ccccc2)=CC1(OC)OCc1ccccc1. The molecule has 0 amide bonds. The molecule has 5 nitrogen and oxygen atoms in total. The minimum atomic E-state index is -1.40. The van der Waals surface area contributed by atoms with Crippen LogP contribution in [0.25, 0.3) is 6.08 Å². The zero-order valence-corrected chi connectivity index (χ0v) is 18.5. The fraction of sp³-hybridized carbons (Fsp3) is 0.308. The molecule has 2 atom stereocenters. The molecule has 2 aromatic carbocycles. The van der Waals surface area contributed by atoms with Crippen LogP contribution in [0.15, 0.2) is 90.2 Å². The molecular weight excluding hydrogens is 392 g/mol. The number of rotatable bonds is 10. The molecule has 0 heterocycles. The molecular formula is C26H30O5. The Morgan fingerprint density at radius 3 is 2.06 bits per heavy atom. The topological polar surface area (TPSA) is 46.2 Å². The van der Waals surface area contributed by atoms with Crippen molar-refractivity contribution in [3.05, 3.63) is 101 Å². The predicted molar refractivity (Wildman–Crippen MR) is 121 cm³/mol. The summed E-state index contributed by atoms with van der Waals surface area (Å²) in [6.45, 7) is 2.56. The van der Waals surface area contributed by atoms with E-state index in [1.807, 2.05) is 91.9 Å². The Bertz CT molecular complexity index is 919. The van der Waals surface area contributed by atoms with Crippen LogP contribution in [0.4, 0.5) is 0 Å². The lowest BCUT2D eigenvalue weighted by atomic mass is 9.92. The van der Waals surface area contributed by atoms with Gasteiger partial charge in [-0.3, -0.25) is 0 Å².